The average molecular weight is 504 g/mol. The summed E-state index contributed by atoms with van der Waals surface area (Å²) in [6.45, 7) is 9.37. The second-order valence-corrected chi connectivity index (χ2v) is 8.71. The van der Waals surface area contributed by atoms with E-state index < -0.39 is 10.0 Å². The van der Waals surface area contributed by atoms with Crippen molar-refractivity contribution in [2.45, 2.75) is 46.5 Å². The van der Waals surface area contributed by atoms with Gasteiger partial charge in [-0.2, -0.15) is 0 Å². The molecule has 2 N–H and O–H groups in total. The van der Waals surface area contributed by atoms with Gasteiger partial charge in [0.1, 0.15) is 0 Å². The second kappa shape index (κ2) is 13.1. The normalized spacial score (nSPS) is 16.7. The Hall–Kier alpha value is -0.130. The summed E-state index contributed by atoms with van der Waals surface area (Å²) in [6.07, 6.45) is 4.67. The van der Waals surface area contributed by atoms with Crippen LogP contribution < -0.4 is 10.6 Å². The Bertz CT molecular complexity index is 506. The molecule has 9 heteroatoms. The number of nitrogens with one attached hydrogen (secondary N) is 2. The van der Waals surface area contributed by atoms with Crippen LogP contribution in [0.5, 0.6) is 0 Å². The number of ether oxygens (including phenoxy) is 1. The van der Waals surface area contributed by atoms with Crippen LogP contribution in [0.4, 0.5) is 0 Å². The molecule has 7 nitrogen and oxygen atoms in total. The lowest BCUT2D eigenvalue weighted by Crippen LogP contribution is -2.43. The first-order chi connectivity index (χ1) is 11.9. The number of sulfonamides is 1. The van der Waals surface area contributed by atoms with E-state index in [2.05, 4.69) is 10.6 Å². The topological polar surface area (TPSA) is 83.0 Å². The van der Waals surface area contributed by atoms with E-state index in [4.69, 9.17) is 9.73 Å². The molecule has 0 atom stereocenters. The molecule has 1 aliphatic rings. The first-order valence-corrected chi connectivity index (χ1v) is 11.0. The molecule has 0 heterocycles. The Morgan fingerprint density at radius 1 is 1.19 bits per heavy atom. The zero-order chi connectivity index (χ0) is 18.8. The van der Waals surface area contributed by atoms with Gasteiger partial charge in [0.05, 0.1) is 5.75 Å². The smallest absolute Gasteiger partial charge is 0.215 e. The van der Waals surface area contributed by atoms with Gasteiger partial charge in [-0.3, -0.25) is 4.99 Å². The largest absolute Gasteiger partial charge is 0.385 e. The van der Waals surface area contributed by atoms with E-state index in [1.54, 1.807) is 7.11 Å². The van der Waals surface area contributed by atoms with Gasteiger partial charge in [0.15, 0.2) is 5.96 Å². The van der Waals surface area contributed by atoms with Crippen LogP contribution in [0.1, 0.15) is 46.5 Å². The summed E-state index contributed by atoms with van der Waals surface area (Å²) in [6, 6.07) is 0. The molecule has 0 amide bonds. The van der Waals surface area contributed by atoms with E-state index in [1.165, 1.54) is 23.6 Å². The van der Waals surface area contributed by atoms with Crippen LogP contribution in [0, 0.1) is 5.41 Å². The highest BCUT2D eigenvalue weighted by atomic mass is 127. The summed E-state index contributed by atoms with van der Waals surface area (Å²) in [5.41, 5.74) is 0.256. The van der Waals surface area contributed by atoms with Gasteiger partial charge in [0.25, 0.3) is 0 Å². The maximum atomic E-state index is 12.2. The molecule has 0 aromatic rings. The molecule has 26 heavy (non-hydrogen) atoms. The highest BCUT2D eigenvalue weighted by Crippen LogP contribution is 2.44. The predicted molar refractivity (Wildman–Crippen MR) is 119 cm³/mol. The Morgan fingerprint density at radius 3 is 2.31 bits per heavy atom. The van der Waals surface area contributed by atoms with Crippen LogP contribution >= 0.6 is 24.0 Å². The lowest BCUT2D eigenvalue weighted by molar-refractivity contribution is 0.0778. The fraction of sp³-hybridized carbons (Fsp3) is 0.941. The summed E-state index contributed by atoms with van der Waals surface area (Å²) in [5.74, 6) is 0.773. The molecule has 1 saturated carbocycles. The van der Waals surface area contributed by atoms with Gasteiger partial charge in [0.2, 0.25) is 10.0 Å². The van der Waals surface area contributed by atoms with E-state index in [1.807, 2.05) is 20.8 Å². The summed E-state index contributed by atoms with van der Waals surface area (Å²) >= 11 is 0. The summed E-state index contributed by atoms with van der Waals surface area (Å²) in [4.78, 5) is 4.70. The Morgan fingerprint density at radius 2 is 1.85 bits per heavy atom. The number of halogens is 1. The highest BCUT2D eigenvalue weighted by molar-refractivity contribution is 14.0. The van der Waals surface area contributed by atoms with E-state index in [9.17, 15) is 8.42 Å². The number of aliphatic imine (C=N–C) groups is 1. The SMILES string of the molecule is CCNC(=NCC1(CCOC)CCC1)NCCS(=O)(=O)N(CC)CC.I. The molecule has 156 valence electrons. The highest BCUT2D eigenvalue weighted by Gasteiger charge is 2.36. The van der Waals surface area contributed by atoms with Crippen molar-refractivity contribution >= 4 is 40.0 Å². The fourth-order valence-corrected chi connectivity index (χ4v) is 4.52. The maximum absolute atomic E-state index is 12.2. The van der Waals surface area contributed by atoms with Crippen molar-refractivity contribution in [1.29, 1.82) is 0 Å². The number of hydrogen-bond acceptors (Lipinski definition) is 4. The van der Waals surface area contributed by atoms with Crippen LogP contribution in [0.15, 0.2) is 4.99 Å². The Balaban J connectivity index is 0.00000625. The molecule has 0 aliphatic heterocycles. The molecule has 1 rings (SSSR count). The Labute approximate surface area is 176 Å². The van der Waals surface area contributed by atoms with Gasteiger partial charge in [-0.15, -0.1) is 24.0 Å². The van der Waals surface area contributed by atoms with Crippen molar-refractivity contribution in [2.24, 2.45) is 10.4 Å². The fourth-order valence-electron chi connectivity index (χ4n) is 3.12. The summed E-state index contributed by atoms with van der Waals surface area (Å²) in [5, 5.41) is 6.36. The molecule has 0 aromatic carbocycles. The number of methoxy groups -OCH3 is 1. The van der Waals surface area contributed by atoms with Crippen molar-refractivity contribution in [1.82, 2.24) is 14.9 Å². The van der Waals surface area contributed by atoms with Crippen molar-refractivity contribution in [2.75, 3.05) is 52.2 Å². The minimum atomic E-state index is -3.21. The van der Waals surface area contributed by atoms with Crippen LogP contribution in [-0.2, 0) is 14.8 Å². The van der Waals surface area contributed by atoms with E-state index in [-0.39, 0.29) is 35.1 Å². The molecule has 0 unspecified atom stereocenters. The first kappa shape index (κ1) is 25.9. The third-order valence-electron chi connectivity index (χ3n) is 4.92. The van der Waals surface area contributed by atoms with Crippen molar-refractivity contribution < 1.29 is 13.2 Å². The van der Waals surface area contributed by atoms with Gasteiger partial charge >= 0.3 is 0 Å². The number of rotatable bonds is 12. The zero-order valence-electron chi connectivity index (χ0n) is 16.7. The molecule has 0 radical (unpaired) electrons. The number of guanidine groups is 1. The van der Waals surface area contributed by atoms with Gasteiger partial charge in [0, 0.05) is 46.4 Å². The molecular weight excluding hydrogens is 467 g/mol. The molecule has 1 fully saturated rings. The average Bonchev–Trinajstić information content (AvgIpc) is 2.54. The Kier molecular flexibility index (Phi) is 13.0. The van der Waals surface area contributed by atoms with E-state index in [0.717, 1.165) is 26.1 Å². The van der Waals surface area contributed by atoms with Crippen molar-refractivity contribution in [3.63, 3.8) is 0 Å². The molecule has 1 aliphatic carbocycles. The molecule has 0 spiro atoms. The monoisotopic (exact) mass is 504 g/mol. The summed E-state index contributed by atoms with van der Waals surface area (Å²) in [7, 11) is -1.48. The molecule has 0 bridgehead atoms. The van der Waals surface area contributed by atoms with Crippen LogP contribution in [0.25, 0.3) is 0 Å². The van der Waals surface area contributed by atoms with Gasteiger partial charge in [-0.25, -0.2) is 12.7 Å². The zero-order valence-corrected chi connectivity index (χ0v) is 19.9. The summed E-state index contributed by atoms with van der Waals surface area (Å²) < 4.78 is 31.2. The van der Waals surface area contributed by atoms with Gasteiger partial charge in [-0.1, -0.05) is 20.3 Å². The third-order valence-corrected chi connectivity index (χ3v) is 6.94. The van der Waals surface area contributed by atoms with Crippen molar-refractivity contribution in [3.05, 3.63) is 0 Å². The van der Waals surface area contributed by atoms with Crippen LogP contribution in [0.2, 0.25) is 0 Å². The maximum Gasteiger partial charge on any atom is 0.215 e. The number of hydrogen-bond donors (Lipinski definition) is 2. The van der Waals surface area contributed by atoms with Gasteiger partial charge < -0.3 is 15.4 Å². The van der Waals surface area contributed by atoms with Crippen molar-refractivity contribution in [3.8, 4) is 0 Å². The molecule has 0 aromatic heterocycles. The van der Waals surface area contributed by atoms with Crippen LogP contribution in [0.3, 0.4) is 0 Å². The molecular formula is C17H37IN4O3S. The van der Waals surface area contributed by atoms with E-state index >= 15 is 0 Å². The first-order valence-electron chi connectivity index (χ1n) is 9.42. The lowest BCUT2D eigenvalue weighted by atomic mass is 9.67. The third kappa shape index (κ3) is 8.26. The standard InChI is InChI=1S/C17H36N4O3S.HI/c1-5-18-16(19-12-14-25(22,23)21(6-2)7-3)20-15-17(9-8-10-17)11-13-24-4;/h5-15H2,1-4H3,(H2,18,19,20);1H. The minimum Gasteiger partial charge on any atom is -0.385 e. The predicted octanol–water partition coefficient (Wildman–Crippen LogP) is 2.04. The van der Waals surface area contributed by atoms with Crippen LogP contribution in [-0.4, -0.2) is 70.9 Å². The van der Waals surface area contributed by atoms with E-state index in [0.29, 0.717) is 25.6 Å². The van der Waals surface area contributed by atoms with Gasteiger partial charge in [-0.05, 0) is 31.6 Å². The second-order valence-electron chi connectivity index (χ2n) is 6.62. The molecule has 0 saturated heterocycles. The lowest BCUT2D eigenvalue weighted by Gasteiger charge is -2.40. The minimum absolute atomic E-state index is 0. The number of nitrogens with zero attached hydrogens (tertiary/aromatic N) is 2. The quantitative estimate of drug-likeness (QED) is 0.242.